The summed E-state index contributed by atoms with van der Waals surface area (Å²) in [4.78, 5) is 28.4. The van der Waals surface area contributed by atoms with Gasteiger partial charge in [0.15, 0.2) is 0 Å². The van der Waals surface area contributed by atoms with Crippen molar-refractivity contribution in [2.75, 3.05) is 17.7 Å². The van der Waals surface area contributed by atoms with Crippen LogP contribution in [0.4, 0.5) is 5.69 Å². The zero-order valence-corrected chi connectivity index (χ0v) is 10.6. The number of aromatic nitrogens is 1. The van der Waals surface area contributed by atoms with E-state index in [1.165, 1.54) is 11.8 Å². The monoisotopic (exact) mass is 253 g/mol. The minimum absolute atomic E-state index is 0.219. The largest absolute Gasteiger partial charge is 0.344 e. The van der Waals surface area contributed by atoms with Gasteiger partial charge >= 0.3 is 0 Å². The maximum atomic E-state index is 12.0. The number of likely N-dealkylation sites (N-methyl/N-ethyl adjacent to an activating group) is 1. The van der Waals surface area contributed by atoms with Gasteiger partial charge in [-0.1, -0.05) is 0 Å². The van der Waals surface area contributed by atoms with Crippen LogP contribution in [-0.2, 0) is 9.59 Å². The van der Waals surface area contributed by atoms with Gasteiger partial charge in [0.1, 0.15) is 6.04 Å². The molecule has 5 nitrogen and oxygen atoms in total. The molecule has 0 saturated heterocycles. The Balaban J connectivity index is 2.77. The highest BCUT2D eigenvalue weighted by molar-refractivity contribution is 7.80. The van der Waals surface area contributed by atoms with Crippen LogP contribution in [0.15, 0.2) is 24.5 Å². The smallest absolute Gasteiger partial charge is 0.250 e. The molecule has 1 unspecified atom stereocenters. The van der Waals surface area contributed by atoms with Gasteiger partial charge in [-0.2, -0.15) is 12.6 Å². The molecule has 2 amide bonds. The standard InChI is InChI=1S/C11H15N3O2S/c1-8(15)13-10(7-17)11(16)14(2)9-4-3-5-12-6-9/h3-6,10,17H,7H2,1-2H3,(H,13,15). The van der Waals surface area contributed by atoms with Gasteiger partial charge in [-0.05, 0) is 12.1 Å². The predicted molar refractivity (Wildman–Crippen MR) is 69.1 cm³/mol. The third-order valence-electron chi connectivity index (χ3n) is 2.22. The Labute approximate surface area is 106 Å². The minimum atomic E-state index is -0.624. The molecular weight excluding hydrogens is 238 g/mol. The number of hydrogen-bond donors (Lipinski definition) is 2. The van der Waals surface area contributed by atoms with Crippen LogP contribution in [-0.4, -0.2) is 35.6 Å². The predicted octanol–water partition coefficient (Wildman–Crippen LogP) is 0.479. The van der Waals surface area contributed by atoms with Crippen LogP contribution in [0.5, 0.6) is 0 Å². The van der Waals surface area contributed by atoms with E-state index in [0.717, 1.165) is 0 Å². The summed E-state index contributed by atoms with van der Waals surface area (Å²) in [5.41, 5.74) is 0.676. The first-order valence-electron chi connectivity index (χ1n) is 5.11. The van der Waals surface area contributed by atoms with Crippen LogP contribution in [0, 0.1) is 0 Å². The molecule has 0 aromatic carbocycles. The molecule has 1 rings (SSSR count). The van der Waals surface area contributed by atoms with Crippen molar-refractivity contribution in [3.8, 4) is 0 Å². The van der Waals surface area contributed by atoms with E-state index < -0.39 is 6.04 Å². The van der Waals surface area contributed by atoms with Crippen LogP contribution in [0.25, 0.3) is 0 Å². The van der Waals surface area contributed by atoms with Gasteiger partial charge in [-0.15, -0.1) is 0 Å². The van der Waals surface area contributed by atoms with Crippen LogP contribution < -0.4 is 10.2 Å². The molecule has 1 N–H and O–H groups in total. The van der Waals surface area contributed by atoms with Crippen molar-refractivity contribution >= 4 is 30.1 Å². The topological polar surface area (TPSA) is 62.3 Å². The van der Waals surface area contributed by atoms with Crippen LogP contribution >= 0.6 is 12.6 Å². The number of anilines is 1. The van der Waals surface area contributed by atoms with Crippen molar-refractivity contribution in [1.82, 2.24) is 10.3 Å². The second-order valence-corrected chi connectivity index (χ2v) is 3.91. The number of nitrogens with one attached hydrogen (secondary N) is 1. The lowest BCUT2D eigenvalue weighted by molar-refractivity contribution is -0.125. The quantitative estimate of drug-likeness (QED) is 0.767. The van der Waals surface area contributed by atoms with Crippen LogP contribution in [0.1, 0.15) is 6.92 Å². The van der Waals surface area contributed by atoms with Crippen molar-refractivity contribution in [3.05, 3.63) is 24.5 Å². The van der Waals surface area contributed by atoms with Gasteiger partial charge in [-0.25, -0.2) is 0 Å². The van der Waals surface area contributed by atoms with Gasteiger partial charge in [0.05, 0.1) is 11.9 Å². The third-order valence-corrected chi connectivity index (χ3v) is 2.59. The van der Waals surface area contributed by atoms with Gasteiger partial charge in [-0.3, -0.25) is 14.6 Å². The first kappa shape index (κ1) is 13.5. The maximum Gasteiger partial charge on any atom is 0.250 e. The number of rotatable bonds is 4. The molecule has 17 heavy (non-hydrogen) atoms. The molecule has 0 aliphatic carbocycles. The summed E-state index contributed by atoms with van der Waals surface area (Å²) in [6, 6.07) is 2.89. The molecule has 0 aliphatic heterocycles. The lowest BCUT2D eigenvalue weighted by Crippen LogP contribution is -2.48. The molecule has 0 radical (unpaired) electrons. The summed E-state index contributed by atoms with van der Waals surface area (Å²) in [7, 11) is 1.64. The summed E-state index contributed by atoms with van der Waals surface area (Å²) in [5.74, 6) is -0.219. The van der Waals surface area contributed by atoms with Crippen LogP contribution in [0.2, 0.25) is 0 Å². The number of carbonyl (C=O) groups excluding carboxylic acids is 2. The SMILES string of the molecule is CC(=O)NC(CS)C(=O)N(C)c1cccnc1. The molecule has 6 heteroatoms. The lowest BCUT2D eigenvalue weighted by Gasteiger charge is -2.22. The number of carbonyl (C=O) groups is 2. The molecule has 0 spiro atoms. The fourth-order valence-electron chi connectivity index (χ4n) is 1.34. The fourth-order valence-corrected chi connectivity index (χ4v) is 1.59. The maximum absolute atomic E-state index is 12.0. The van der Waals surface area contributed by atoms with Crippen molar-refractivity contribution in [2.24, 2.45) is 0 Å². The minimum Gasteiger partial charge on any atom is -0.344 e. The third kappa shape index (κ3) is 3.74. The van der Waals surface area contributed by atoms with Crippen molar-refractivity contribution in [1.29, 1.82) is 0 Å². The molecule has 1 aromatic rings. The van der Waals surface area contributed by atoms with E-state index in [4.69, 9.17) is 0 Å². The first-order valence-corrected chi connectivity index (χ1v) is 5.75. The molecule has 1 heterocycles. The van der Waals surface area contributed by atoms with Gasteiger partial charge in [0.2, 0.25) is 11.8 Å². The molecule has 1 atom stereocenters. The Hall–Kier alpha value is -1.56. The second-order valence-electron chi connectivity index (χ2n) is 3.54. The van der Waals surface area contributed by atoms with E-state index in [1.807, 2.05) is 0 Å². The molecular formula is C11H15N3O2S. The molecule has 0 aliphatic rings. The Bertz CT molecular complexity index is 397. The highest BCUT2D eigenvalue weighted by Crippen LogP contribution is 2.11. The van der Waals surface area contributed by atoms with E-state index >= 15 is 0 Å². The van der Waals surface area contributed by atoms with Crippen molar-refractivity contribution in [2.45, 2.75) is 13.0 Å². The average Bonchev–Trinajstić information content (AvgIpc) is 2.35. The zero-order valence-electron chi connectivity index (χ0n) is 9.75. The van der Waals surface area contributed by atoms with Gasteiger partial charge in [0, 0.05) is 25.9 Å². The highest BCUT2D eigenvalue weighted by Gasteiger charge is 2.22. The fraction of sp³-hybridized carbons (Fsp3) is 0.364. The number of thiol groups is 1. The Morgan fingerprint density at radius 1 is 1.59 bits per heavy atom. The van der Waals surface area contributed by atoms with Crippen molar-refractivity contribution < 1.29 is 9.59 Å². The molecule has 0 fully saturated rings. The number of hydrogen-bond acceptors (Lipinski definition) is 4. The van der Waals surface area contributed by atoms with E-state index in [2.05, 4.69) is 22.9 Å². The summed E-state index contributed by atoms with van der Waals surface area (Å²) in [5, 5.41) is 2.55. The van der Waals surface area contributed by atoms with E-state index in [9.17, 15) is 9.59 Å². The summed E-state index contributed by atoms with van der Waals surface area (Å²) >= 11 is 4.06. The molecule has 0 saturated carbocycles. The number of nitrogens with zero attached hydrogens (tertiary/aromatic N) is 2. The highest BCUT2D eigenvalue weighted by atomic mass is 32.1. The Kier molecular flexibility index (Phi) is 4.96. The summed E-state index contributed by atoms with van der Waals surface area (Å²) in [6.07, 6.45) is 3.22. The van der Waals surface area contributed by atoms with E-state index in [-0.39, 0.29) is 17.6 Å². The first-order chi connectivity index (χ1) is 8.06. The van der Waals surface area contributed by atoms with Crippen LogP contribution in [0.3, 0.4) is 0 Å². The second kappa shape index (κ2) is 6.24. The van der Waals surface area contributed by atoms with E-state index in [1.54, 1.807) is 31.6 Å². The van der Waals surface area contributed by atoms with Gasteiger partial charge in [0.25, 0.3) is 0 Å². The summed E-state index contributed by atoms with van der Waals surface area (Å²) in [6.45, 7) is 1.37. The molecule has 0 bridgehead atoms. The number of amides is 2. The van der Waals surface area contributed by atoms with E-state index in [0.29, 0.717) is 5.69 Å². The number of pyridine rings is 1. The normalized spacial score (nSPS) is 11.7. The van der Waals surface area contributed by atoms with Gasteiger partial charge < -0.3 is 10.2 Å². The Morgan fingerprint density at radius 3 is 2.76 bits per heavy atom. The molecule has 92 valence electrons. The average molecular weight is 253 g/mol. The van der Waals surface area contributed by atoms with Crippen molar-refractivity contribution in [3.63, 3.8) is 0 Å². The lowest BCUT2D eigenvalue weighted by atomic mass is 10.2. The molecule has 1 aromatic heterocycles. The Morgan fingerprint density at radius 2 is 2.29 bits per heavy atom. The zero-order chi connectivity index (χ0) is 12.8. The summed E-state index contributed by atoms with van der Waals surface area (Å²) < 4.78 is 0.